The van der Waals surface area contributed by atoms with Crippen molar-refractivity contribution in [3.05, 3.63) is 36.2 Å². The number of aromatic nitrogens is 4. The first-order chi connectivity index (χ1) is 6.90. The molecule has 0 spiro atoms. The van der Waals surface area contributed by atoms with E-state index in [9.17, 15) is 4.79 Å². The summed E-state index contributed by atoms with van der Waals surface area (Å²) < 4.78 is 1.56. The van der Waals surface area contributed by atoms with Gasteiger partial charge in [-0.1, -0.05) is 12.1 Å². The van der Waals surface area contributed by atoms with E-state index in [0.717, 1.165) is 17.5 Å². The summed E-state index contributed by atoms with van der Waals surface area (Å²) in [7, 11) is 0. The molecule has 2 rings (SSSR count). The van der Waals surface area contributed by atoms with Crippen LogP contribution in [0.2, 0.25) is 0 Å². The average molecular weight is 188 g/mol. The van der Waals surface area contributed by atoms with Gasteiger partial charge in [0.15, 0.2) is 0 Å². The van der Waals surface area contributed by atoms with E-state index in [2.05, 4.69) is 15.5 Å². The van der Waals surface area contributed by atoms with Crippen molar-refractivity contribution < 1.29 is 4.79 Å². The summed E-state index contributed by atoms with van der Waals surface area (Å²) in [5.74, 6) is 0. The molecule has 0 unspecified atom stereocenters. The number of nitrogens with zero attached hydrogens (tertiary/aromatic N) is 4. The highest BCUT2D eigenvalue weighted by atomic mass is 16.1. The van der Waals surface area contributed by atoms with Gasteiger partial charge in [0.2, 0.25) is 0 Å². The number of hydrogen-bond donors (Lipinski definition) is 0. The highest BCUT2D eigenvalue weighted by Crippen LogP contribution is 2.07. The number of rotatable bonds is 3. The maximum Gasteiger partial charge on any atom is 0.143 e. The predicted molar refractivity (Wildman–Crippen MR) is 48.9 cm³/mol. The third kappa shape index (κ3) is 1.66. The Morgan fingerprint density at radius 2 is 2.07 bits per heavy atom. The van der Waals surface area contributed by atoms with E-state index in [0.29, 0.717) is 6.42 Å². The van der Waals surface area contributed by atoms with Gasteiger partial charge in [-0.05, 0) is 28.1 Å². The second-order valence-corrected chi connectivity index (χ2v) is 2.79. The third-order valence-corrected chi connectivity index (χ3v) is 1.87. The molecule has 14 heavy (non-hydrogen) atoms. The minimum atomic E-state index is 0.440. The average Bonchev–Trinajstić information content (AvgIpc) is 2.72. The zero-order valence-electron chi connectivity index (χ0n) is 7.37. The Morgan fingerprint density at radius 3 is 2.64 bits per heavy atom. The SMILES string of the molecule is O=CCc1ccc(-n2cnnn2)cc1. The van der Waals surface area contributed by atoms with E-state index >= 15 is 0 Å². The van der Waals surface area contributed by atoms with Gasteiger partial charge in [0, 0.05) is 6.42 Å². The molecule has 0 aliphatic carbocycles. The highest BCUT2D eigenvalue weighted by molar-refractivity contribution is 5.55. The van der Waals surface area contributed by atoms with Gasteiger partial charge in [-0.3, -0.25) is 0 Å². The van der Waals surface area contributed by atoms with Crippen LogP contribution in [0.5, 0.6) is 0 Å². The van der Waals surface area contributed by atoms with Gasteiger partial charge < -0.3 is 4.79 Å². The molecule has 0 N–H and O–H groups in total. The summed E-state index contributed by atoms with van der Waals surface area (Å²) in [6, 6.07) is 7.50. The van der Waals surface area contributed by atoms with Crippen LogP contribution in [-0.2, 0) is 11.2 Å². The lowest BCUT2D eigenvalue weighted by Gasteiger charge is -1.99. The van der Waals surface area contributed by atoms with E-state index < -0.39 is 0 Å². The van der Waals surface area contributed by atoms with Crippen molar-refractivity contribution in [2.75, 3.05) is 0 Å². The molecule has 1 aromatic carbocycles. The first kappa shape index (κ1) is 8.55. The lowest BCUT2D eigenvalue weighted by atomic mass is 10.1. The molecule has 1 aromatic heterocycles. The van der Waals surface area contributed by atoms with Crippen molar-refractivity contribution in [1.29, 1.82) is 0 Å². The van der Waals surface area contributed by atoms with Crippen molar-refractivity contribution in [1.82, 2.24) is 20.2 Å². The zero-order chi connectivity index (χ0) is 9.80. The molecular weight excluding hydrogens is 180 g/mol. The van der Waals surface area contributed by atoms with Gasteiger partial charge in [-0.15, -0.1) is 5.10 Å². The number of tetrazole rings is 1. The maximum atomic E-state index is 10.3. The molecule has 0 saturated carbocycles. The Labute approximate surface area is 80.4 Å². The summed E-state index contributed by atoms with van der Waals surface area (Å²) >= 11 is 0. The lowest BCUT2D eigenvalue weighted by Crippen LogP contribution is -1.95. The molecule has 0 bridgehead atoms. The van der Waals surface area contributed by atoms with Crippen LogP contribution < -0.4 is 0 Å². The van der Waals surface area contributed by atoms with Crippen LogP contribution in [0.15, 0.2) is 30.6 Å². The minimum absolute atomic E-state index is 0.440. The van der Waals surface area contributed by atoms with E-state index in [1.807, 2.05) is 24.3 Å². The fraction of sp³-hybridized carbons (Fsp3) is 0.111. The molecule has 0 amide bonds. The van der Waals surface area contributed by atoms with Crippen molar-refractivity contribution in [3.63, 3.8) is 0 Å². The van der Waals surface area contributed by atoms with Crippen LogP contribution in [0.3, 0.4) is 0 Å². The summed E-state index contributed by atoms with van der Waals surface area (Å²) in [6.45, 7) is 0. The number of aldehydes is 1. The molecule has 0 aliphatic rings. The Kier molecular flexibility index (Phi) is 2.31. The number of benzene rings is 1. The van der Waals surface area contributed by atoms with Crippen molar-refractivity contribution in [2.24, 2.45) is 0 Å². The molecule has 0 radical (unpaired) electrons. The molecule has 0 saturated heterocycles. The van der Waals surface area contributed by atoms with Crippen LogP contribution in [0.4, 0.5) is 0 Å². The lowest BCUT2D eigenvalue weighted by molar-refractivity contribution is -0.107. The normalized spacial score (nSPS) is 10.0. The summed E-state index contributed by atoms with van der Waals surface area (Å²) in [5, 5.41) is 10.8. The predicted octanol–water partition coefficient (Wildman–Crippen LogP) is 0.404. The smallest absolute Gasteiger partial charge is 0.143 e. The van der Waals surface area contributed by atoms with Gasteiger partial charge in [0.25, 0.3) is 0 Å². The molecule has 0 atom stereocenters. The number of hydrogen-bond acceptors (Lipinski definition) is 4. The molecular formula is C9H8N4O. The van der Waals surface area contributed by atoms with E-state index in [1.165, 1.54) is 6.33 Å². The topological polar surface area (TPSA) is 60.7 Å². The van der Waals surface area contributed by atoms with E-state index in [4.69, 9.17) is 0 Å². The zero-order valence-corrected chi connectivity index (χ0v) is 7.37. The fourth-order valence-electron chi connectivity index (χ4n) is 1.16. The van der Waals surface area contributed by atoms with Crippen LogP contribution in [0.25, 0.3) is 5.69 Å². The van der Waals surface area contributed by atoms with Crippen LogP contribution >= 0.6 is 0 Å². The van der Waals surface area contributed by atoms with Crippen LogP contribution in [0, 0.1) is 0 Å². The van der Waals surface area contributed by atoms with Gasteiger partial charge in [-0.25, -0.2) is 4.68 Å². The fourth-order valence-corrected chi connectivity index (χ4v) is 1.16. The number of carbonyl (C=O) groups excluding carboxylic acids is 1. The summed E-state index contributed by atoms with van der Waals surface area (Å²) in [4.78, 5) is 10.3. The Hall–Kier alpha value is -2.04. The monoisotopic (exact) mass is 188 g/mol. The number of carbonyl (C=O) groups is 1. The Bertz CT molecular complexity index is 407. The van der Waals surface area contributed by atoms with Crippen molar-refractivity contribution >= 4 is 6.29 Å². The first-order valence-corrected chi connectivity index (χ1v) is 4.16. The van der Waals surface area contributed by atoms with E-state index in [-0.39, 0.29) is 0 Å². The Morgan fingerprint density at radius 1 is 1.29 bits per heavy atom. The van der Waals surface area contributed by atoms with Crippen molar-refractivity contribution in [3.8, 4) is 5.69 Å². The van der Waals surface area contributed by atoms with Gasteiger partial charge in [0.1, 0.15) is 12.6 Å². The maximum absolute atomic E-state index is 10.3. The third-order valence-electron chi connectivity index (χ3n) is 1.87. The standard InChI is InChI=1S/C9H8N4O/c14-6-5-8-1-3-9(4-2-8)13-7-10-11-12-13/h1-4,6-7H,5H2. The van der Waals surface area contributed by atoms with Gasteiger partial charge in [0.05, 0.1) is 5.69 Å². The quantitative estimate of drug-likeness (QED) is 0.654. The van der Waals surface area contributed by atoms with E-state index in [1.54, 1.807) is 4.68 Å². The molecule has 2 aromatic rings. The van der Waals surface area contributed by atoms with Crippen LogP contribution in [-0.4, -0.2) is 26.5 Å². The van der Waals surface area contributed by atoms with Crippen LogP contribution in [0.1, 0.15) is 5.56 Å². The first-order valence-electron chi connectivity index (χ1n) is 4.16. The summed E-state index contributed by atoms with van der Waals surface area (Å²) in [6.07, 6.45) is 2.84. The molecule has 1 heterocycles. The largest absolute Gasteiger partial charge is 0.303 e. The summed E-state index contributed by atoms with van der Waals surface area (Å²) in [5.41, 5.74) is 1.86. The highest BCUT2D eigenvalue weighted by Gasteiger charge is 1.97. The second-order valence-electron chi connectivity index (χ2n) is 2.79. The second kappa shape index (κ2) is 3.78. The molecule has 5 nitrogen and oxygen atoms in total. The molecule has 5 heteroatoms. The van der Waals surface area contributed by atoms with Gasteiger partial charge in [-0.2, -0.15) is 0 Å². The molecule has 70 valence electrons. The molecule has 0 fully saturated rings. The van der Waals surface area contributed by atoms with Crippen molar-refractivity contribution in [2.45, 2.75) is 6.42 Å². The molecule has 0 aliphatic heterocycles. The minimum Gasteiger partial charge on any atom is -0.303 e. The Balaban J connectivity index is 2.26. The van der Waals surface area contributed by atoms with Gasteiger partial charge >= 0.3 is 0 Å².